The summed E-state index contributed by atoms with van der Waals surface area (Å²) >= 11 is 3.25. The summed E-state index contributed by atoms with van der Waals surface area (Å²) in [6.07, 6.45) is -1.01. The van der Waals surface area contributed by atoms with Crippen LogP contribution in [-0.4, -0.2) is 10.9 Å². The molecule has 1 aromatic carbocycles. The van der Waals surface area contributed by atoms with Crippen LogP contribution < -0.4 is 5.73 Å². The van der Waals surface area contributed by atoms with Gasteiger partial charge >= 0.3 is 0 Å². The molecule has 0 bridgehead atoms. The number of benzene rings is 1. The first-order valence-electron chi connectivity index (χ1n) is 3.39. The number of hydrogen-bond acceptors (Lipinski definition) is 2. The van der Waals surface area contributed by atoms with Crippen molar-refractivity contribution in [1.82, 2.24) is 0 Å². The van der Waals surface area contributed by atoms with E-state index < -0.39 is 6.10 Å². The molecule has 0 aliphatic heterocycles. The number of hydrogen-bond donors (Lipinski definition) is 3. The lowest BCUT2D eigenvalue weighted by Crippen LogP contribution is -2.20. The molecule has 1 aromatic rings. The monoisotopic (exact) mass is 228 g/mol. The fourth-order valence-corrected chi connectivity index (χ4v) is 1.37. The number of aliphatic hydroxyl groups excluding tert-OH is 1. The zero-order valence-corrected chi connectivity index (χ0v) is 7.88. The molecule has 0 unspecified atom stereocenters. The van der Waals surface area contributed by atoms with Crippen LogP contribution in [0.25, 0.3) is 0 Å². The Kier molecular flexibility index (Phi) is 2.83. The number of aliphatic hydroxyl groups is 1. The maximum atomic E-state index is 9.40. The van der Waals surface area contributed by atoms with Crippen molar-refractivity contribution in [1.29, 1.82) is 5.41 Å². The van der Waals surface area contributed by atoms with Gasteiger partial charge < -0.3 is 10.8 Å². The van der Waals surface area contributed by atoms with E-state index in [0.717, 1.165) is 4.47 Å². The van der Waals surface area contributed by atoms with E-state index in [2.05, 4.69) is 15.9 Å². The summed E-state index contributed by atoms with van der Waals surface area (Å²) in [5, 5.41) is 16.4. The Morgan fingerprint density at radius 1 is 1.50 bits per heavy atom. The molecule has 0 radical (unpaired) electrons. The lowest BCUT2D eigenvalue weighted by molar-refractivity contribution is 0.244. The molecular weight excluding hydrogens is 220 g/mol. The van der Waals surface area contributed by atoms with Crippen molar-refractivity contribution in [3.05, 3.63) is 34.3 Å². The van der Waals surface area contributed by atoms with Gasteiger partial charge in [-0.1, -0.05) is 34.1 Å². The fourth-order valence-electron chi connectivity index (χ4n) is 0.864. The summed E-state index contributed by atoms with van der Waals surface area (Å²) in [6.45, 7) is 0. The number of nitrogens with two attached hydrogens (primary N) is 1. The number of amidine groups is 1. The Labute approximate surface area is 78.8 Å². The van der Waals surface area contributed by atoms with Crippen molar-refractivity contribution in [3.63, 3.8) is 0 Å². The van der Waals surface area contributed by atoms with Gasteiger partial charge in [0.2, 0.25) is 0 Å². The molecule has 0 aliphatic carbocycles. The topological polar surface area (TPSA) is 70.1 Å². The van der Waals surface area contributed by atoms with Crippen molar-refractivity contribution in [2.45, 2.75) is 6.10 Å². The van der Waals surface area contributed by atoms with Crippen LogP contribution in [0.4, 0.5) is 0 Å². The summed E-state index contributed by atoms with van der Waals surface area (Å²) in [6, 6.07) is 7.13. The minimum Gasteiger partial charge on any atom is -0.385 e. The van der Waals surface area contributed by atoms with Gasteiger partial charge in [0.1, 0.15) is 11.9 Å². The molecule has 3 nitrogen and oxygen atoms in total. The summed E-state index contributed by atoms with van der Waals surface area (Å²) in [5.41, 5.74) is 5.77. The van der Waals surface area contributed by atoms with Crippen LogP contribution in [0.1, 0.15) is 11.7 Å². The SMILES string of the molecule is N=C(N)[C@H](O)c1ccccc1Br. The standard InChI is InChI=1S/C8H9BrN2O/c9-6-4-2-1-3-5(6)7(12)8(10)11/h1-4,7,12H,(H3,10,11)/t7-/m1/s1. The predicted molar refractivity (Wildman–Crippen MR) is 51.0 cm³/mol. The molecule has 1 atom stereocenters. The Balaban J connectivity index is 3.02. The summed E-state index contributed by atoms with van der Waals surface area (Å²) in [7, 11) is 0. The normalized spacial score (nSPS) is 12.5. The molecule has 64 valence electrons. The van der Waals surface area contributed by atoms with E-state index in [1.807, 2.05) is 6.07 Å². The van der Waals surface area contributed by atoms with Gasteiger partial charge in [-0.15, -0.1) is 0 Å². The summed E-state index contributed by atoms with van der Waals surface area (Å²) in [4.78, 5) is 0. The lowest BCUT2D eigenvalue weighted by Gasteiger charge is -2.09. The second-order valence-corrected chi connectivity index (χ2v) is 3.23. The molecule has 0 saturated heterocycles. The first-order valence-corrected chi connectivity index (χ1v) is 4.18. The Hall–Kier alpha value is -0.870. The van der Waals surface area contributed by atoms with Gasteiger partial charge in [-0.3, -0.25) is 5.41 Å². The van der Waals surface area contributed by atoms with E-state index in [1.165, 1.54) is 0 Å². The van der Waals surface area contributed by atoms with Gasteiger partial charge in [0, 0.05) is 10.0 Å². The highest BCUT2D eigenvalue weighted by Crippen LogP contribution is 2.22. The van der Waals surface area contributed by atoms with E-state index in [4.69, 9.17) is 11.1 Å². The highest BCUT2D eigenvalue weighted by Gasteiger charge is 2.12. The highest BCUT2D eigenvalue weighted by molar-refractivity contribution is 9.10. The average molecular weight is 229 g/mol. The quantitative estimate of drug-likeness (QED) is 0.530. The van der Waals surface area contributed by atoms with Crippen molar-refractivity contribution >= 4 is 21.8 Å². The van der Waals surface area contributed by atoms with Crippen LogP contribution in [0.15, 0.2) is 28.7 Å². The molecule has 4 heteroatoms. The third-order valence-electron chi connectivity index (χ3n) is 1.49. The van der Waals surface area contributed by atoms with Gasteiger partial charge in [0.25, 0.3) is 0 Å². The number of halogens is 1. The van der Waals surface area contributed by atoms with Crippen LogP contribution in [0.2, 0.25) is 0 Å². The average Bonchev–Trinajstić information content (AvgIpc) is 2.04. The Bertz CT molecular complexity index is 301. The van der Waals surface area contributed by atoms with Crippen LogP contribution in [0, 0.1) is 5.41 Å². The van der Waals surface area contributed by atoms with Crippen LogP contribution in [0.5, 0.6) is 0 Å². The van der Waals surface area contributed by atoms with E-state index in [-0.39, 0.29) is 5.84 Å². The summed E-state index contributed by atoms with van der Waals surface area (Å²) in [5.74, 6) is -0.248. The van der Waals surface area contributed by atoms with Crippen LogP contribution in [-0.2, 0) is 0 Å². The Morgan fingerprint density at radius 3 is 2.58 bits per heavy atom. The Morgan fingerprint density at radius 2 is 2.08 bits per heavy atom. The molecule has 0 aliphatic rings. The van der Waals surface area contributed by atoms with Crippen LogP contribution >= 0.6 is 15.9 Å². The molecule has 4 N–H and O–H groups in total. The zero-order chi connectivity index (χ0) is 9.14. The minimum absolute atomic E-state index is 0.248. The fraction of sp³-hybridized carbons (Fsp3) is 0.125. The maximum Gasteiger partial charge on any atom is 0.136 e. The third kappa shape index (κ3) is 1.84. The zero-order valence-electron chi connectivity index (χ0n) is 6.29. The molecule has 12 heavy (non-hydrogen) atoms. The molecule has 0 fully saturated rings. The summed E-state index contributed by atoms with van der Waals surface area (Å²) < 4.78 is 0.757. The molecule has 0 heterocycles. The van der Waals surface area contributed by atoms with Gasteiger partial charge in [0.05, 0.1) is 0 Å². The van der Waals surface area contributed by atoms with Crippen molar-refractivity contribution in [2.24, 2.45) is 5.73 Å². The van der Waals surface area contributed by atoms with Gasteiger partial charge in [0.15, 0.2) is 0 Å². The predicted octanol–water partition coefficient (Wildman–Crippen LogP) is 1.42. The first kappa shape index (κ1) is 9.22. The maximum absolute atomic E-state index is 9.40. The molecule has 1 rings (SSSR count). The number of rotatable bonds is 2. The number of nitrogens with one attached hydrogen (secondary N) is 1. The van der Waals surface area contributed by atoms with E-state index in [0.29, 0.717) is 5.56 Å². The van der Waals surface area contributed by atoms with E-state index >= 15 is 0 Å². The second-order valence-electron chi connectivity index (χ2n) is 2.38. The minimum atomic E-state index is -1.01. The largest absolute Gasteiger partial charge is 0.385 e. The molecule has 0 aromatic heterocycles. The van der Waals surface area contributed by atoms with Crippen molar-refractivity contribution in [3.8, 4) is 0 Å². The molecule has 0 saturated carbocycles. The van der Waals surface area contributed by atoms with Crippen molar-refractivity contribution < 1.29 is 5.11 Å². The van der Waals surface area contributed by atoms with Gasteiger partial charge in [-0.2, -0.15) is 0 Å². The van der Waals surface area contributed by atoms with Gasteiger partial charge in [-0.05, 0) is 6.07 Å². The molecular formula is C8H9BrN2O. The molecule has 0 amide bonds. The lowest BCUT2D eigenvalue weighted by atomic mass is 10.1. The van der Waals surface area contributed by atoms with E-state index in [9.17, 15) is 5.11 Å². The highest BCUT2D eigenvalue weighted by atomic mass is 79.9. The van der Waals surface area contributed by atoms with Crippen LogP contribution in [0.3, 0.4) is 0 Å². The van der Waals surface area contributed by atoms with E-state index in [1.54, 1.807) is 18.2 Å². The third-order valence-corrected chi connectivity index (χ3v) is 2.22. The smallest absolute Gasteiger partial charge is 0.136 e. The molecule has 0 spiro atoms. The first-order chi connectivity index (χ1) is 5.63. The second kappa shape index (κ2) is 3.69. The van der Waals surface area contributed by atoms with Gasteiger partial charge in [-0.25, -0.2) is 0 Å². The van der Waals surface area contributed by atoms with Crippen molar-refractivity contribution in [2.75, 3.05) is 0 Å².